The highest BCUT2D eigenvalue weighted by atomic mass is 79.9. The van der Waals surface area contributed by atoms with E-state index in [2.05, 4.69) is 15.9 Å². The van der Waals surface area contributed by atoms with Crippen molar-refractivity contribution in [3.8, 4) is 17.2 Å². The summed E-state index contributed by atoms with van der Waals surface area (Å²) in [7, 11) is 1.56. The molecule has 0 heterocycles. The van der Waals surface area contributed by atoms with Gasteiger partial charge in [0.25, 0.3) is 5.69 Å². The Labute approximate surface area is 128 Å². The minimum Gasteiger partial charge on any atom is -0.497 e. The van der Waals surface area contributed by atoms with Crippen molar-refractivity contribution in [1.82, 2.24) is 0 Å². The quantitative estimate of drug-likeness (QED) is 0.581. The molecule has 20 heavy (non-hydrogen) atoms. The highest BCUT2D eigenvalue weighted by Crippen LogP contribution is 2.36. The minimum absolute atomic E-state index is 0.0869. The molecule has 0 aromatic heterocycles. The van der Waals surface area contributed by atoms with Gasteiger partial charge in [0, 0.05) is 12.1 Å². The predicted molar refractivity (Wildman–Crippen MR) is 78.9 cm³/mol. The number of nitro groups is 1. The van der Waals surface area contributed by atoms with Crippen molar-refractivity contribution < 1.29 is 14.4 Å². The summed E-state index contributed by atoms with van der Waals surface area (Å²) in [5.74, 6) is 1.55. The van der Waals surface area contributed by atoms with Gasteiger partial charge in [-0.25, -0.2) is 0 Å². The molecule has 104 valence electrons. The standard InChI is InChI=1S/C13H9BrClNO4/c1-19-9-3-5-12(10(14)7-9)20-13-4-2-8(16(17)18)6-11(13)15/h2-7H,1H3. The Hall–Kier alpha value is -1.79. The van der Waals surface area contributed by atoms with Crippen molar-refractivity contribution in [3.63, 3.8) is 0 Å². The molecule has 2 rings (SSSR count). The lowest BCUT2D eigenvalue weighted by Gasteiger charge is -2.10. The monoisotopic (exact) mass is 357 g/mol. The highest BCUT2D eigenvalue weighted by molar-refractivity contribution is 9.10. The molecular formula is C13H9BrClNO4. The molecular weight excluding hydrogens is 350 g/mol. The Morgan fingerprint density at radius 3 is 2.45 bits per heavy atom. The molecule has 0 aliphatic carbocycles. The molecule has 0 spiro atoms. The van der Waals surface area contributed by atoms with Crippen LogP contribution in [0.5, 0.6) is 17.2 Å². The van der Waals surface area contributed by atoms with Gasteiger partial charge in [-0.2, -0.15) is 0 Å². The van der Waals surface area contributed by atoms with E-state index in [-0.39, 0.29) is 10.7 Å². The largest absolute Gasteiger partial charge is 0.497 e. The number of ether oxygens (including phenoxy) is 2. The molecule has 0 radical (unpaired) electrons. The van der Waals surface area contributed by atoms with E-state index in [0.717, 1.165) is 0 Å². The first-order chi connectivity index (χ1) is 9.51. The number of rotatable bonds is 4. The van der Waals surface area contributed by atoms with Crippen molar-refractivity contribution >= 4 is 33.2 Å². The fourth-order valence-electron chi connectivity index (χ4n) is 1.50. The number of methoxy groups -OCH3 is 1. The molecule has 5 nitrogen and oxygen atoms in total. The summed E-state index contributed by atoms with van der Waals surface area (Å²) in [6.45, 7) is 0. The van der Waals surface area contributed by atoms with Gasteiger partial charge < -0.3 is 9.47 Å². The van der Waals surface area contributed by atoms with Gasteiger partial charge in [0.15, 0.2) is 0 Å². The molecule has 2 aromatic rings. The van der Waals surface area contributed by atoms with Crippen LogP contribution in [0.25, 0.3) is 0 Å². The zero-order valence-corrected chi connectivity index (χ0v) is 12.6. The summed E-state index contributed by atoms with van der Waals surface area (Å²) in [5, 5.41) is 10.8. The van der Waals surface area contributed by atoms with Gasteiger partial charge in [0.05, 0.1) is 21.5 Å². The number of non-ortho nitro benzene ring substituents is 1. The maximum Gasteiger partial charge on any atom is 0.271 e. The number of hydrogen-bond donors (Lipinski definition) is 0. The SMILES string of the molecule is COc1ccc(Oc2ccc([N+](=O)[O-])cc2Cl)c(Br)c1. The van der Waals surface area contributed by atoms with Crippen LogP contribution in [0.2, 0.25) is 5.02 Å². The van der Waals surface area contributed by atoms with Gasteiger partial charge in [-0.3, -0.25) is 10.1 Å². The van der Waals surface area contributed by atoms with Crippen molar-refractivity contribution in [2.75, 3.05) is 7.11 Å². The minimum atomic E-state index is -0.515. The molecule has 0 atom stereocenters. The maximum atomic E-state index is 10.6. The average Bonchev–Trinajstić information content (AvgIpc) is 2.42. The number of nitro benzene ring substituents is 1. The predicted octanol–water partition coefficient (Wildman–Crippen LogP) is 4.81. The molecule has 0 bridgehead atoms. The van der Waals surface area contributed by atoms with Crippen molar-refractivity contribution in [2.45, 2.75) is 0 Å². The van der Waals surface area contributed by atoms with Gasteiger partial charge in [0.2, 0.25) is 0 Å². The molecule has 0 aliphatic rings. The van der Waals surface area contributed by atoms with E-state index in [1.54, 1.807) is 25.3 Å². The molecule has 7 heteroatoms. The first kappa shape index (κ1) is 14.6. The lowest BCUT2D eigenvalue weighted by molar-refractivity contribution is -0.384. The van der Waals surface area contributed by atoms with E-state index < -0.39 is 4.92 Å². The van der Waals surface area contributed by atoms with Gasteiger partial charge in [0.1, 0.15) is 17.2 Å². The molecule has 0 saturated heterocycles. The lowest BCUT2D eigenvalue weighted by Crippen LogP contribution is -1.91. The van der Waals surface area contributed by atoms with Gasteiger partial charge in [-0.05, 0) is 40.2 Å². The van der Waals surface area contributed by atoms with Crippen LogP contribution in [-0.4, -0.2) is 12.0 Å². The lowest BCUT2D eigenvalue weighted by atomic mass is 10.3. The molecule has 0 amide bonds. The molecule has 0 fully saturated rings. The Kier molecular flexibility index (Phi) is 4.46. The molecule has 0 aliphatic heterocycles. The van der Waals surface area contributed by atoms with Crippen molar-refractivity contribution in [2.24, 2.45) is 0 Å². The van der Waals surface area contributed by atoms with Crippen LogP contribution in [0.1, 0.15) is 0 Å². The summed E-state index contributed by atoms with van der Waals surface area (Å²) in [4.78, 5) is 10.1. The summed E-state index contributed by atoms with van der Waals surface area (Å²) in [5.41, 5.74) is -0.0869. The second-order valence-electron chi connectivity index (χ2n) is 3.77. The van der Waals surface area contributed by atoms with Crippen LogP contribution >= 0.6 is 27.5 Å². The van der Waals surface area contributed by atoms with Crippen LogP contribution in [0.3, 0.4) is 0 Å². The highest BCUT2D eigenvalue weighted by Gasteiger charge is 2.12. The fraction of sp³-hybridized carbons (Fsp3) is 0.0769. The molecule has 0 saturated carbocycles. The summed E-state index contributed by atoms with van der Waals surface area (Å²) >= 11 is 9.32. The van der Waals surface area contributed by atoms with E-state index in [0.29, 0.717) is 21.7 Å². The zero-order chi connectivity index (χ0) is 14.7. The van der Waals surface area contributed by atoms with Crippen LogP contribution < -0.4 is 9.47 Å². The number of halogens is 2. The topological polar surface area (TPSA) is 61.6 Å². The Bertz CT molecular complexity index is 663. The van der Waals surface area contributed by atoms with E-state index in [4.69, 9.17) is 21.1 Å². The van der Waals surface area contributed by atoms with Crippen LogP contribution in [0, 0.1) is 10.1 Å². The Balaban J connectivity index is 2.28. The van der Waals surface area contributed by atoms with Gasteiger partial charge in [-0.15, -0.1) is 0 Å². The summed E-state index contributed by atoms with van der Waals surface area (Å²) in [6, 6.07) is 9.22. The first-order valence-electron chi connectivity index (χ1n) is 5.46. The smallest absolute Gasteiger partial charge is 0.271 e. The third-order valence-electron chi connectivity index (χ3n) is 2.49. The Morgan fingerprint density at radius 1 is 1.20 bits per heavy atom. The van der Waals surface area contributed by atoms with Crippen molar-refractivity contribution in [1.29, 1.82) is 0 Å². The molecule has 2 aromatic carbocycles. The Morgan fingerprint density at radius 2 is 1.90 bits per heavy atom. The second-order valence-corrected chi connectivity index (χ2v) is 5.03. The third kappa shape index (κ3) is 3.20. The van der Waals surface area contributed by atoms with Crippen LogP contribution in [0.4, 0.5) is 5.69 Å². The van der Waals surface area contributed by atoms with E-state index in [9.17, 15) is 10.1 Å². The van der Waals surface area contributed by atoms with Crippen LogP contribution in [-0.2, 0) is 0 Å². The van der Waals surface area contributed by atoms with Gasteiger partial charge in [-0.1, -0.05) is 11.6 Å². The third-order valence-corrected chi connectivity index (χ3v) is 3.40. The number of hydrogen-bond acceptors (Lipinski definition) is 4. The van der Waals surface area contributed by atoms with E-state index >= 15 is 0 Å². The number of benzene rings is 2. The summed E-state index contributed by atoms with van der Waals surface area (Å²) < 4.78 is 11.4. The summed E-state index contributed by atoms with van der Waals surface area (Å²) in [6.07, 6.45) is 0. The van der Waals surface area contributed by atoms with E-state index in [1.165, 1.54) is 18.2 Å². The fourth-order valence-corrected chi connectivity index (χ4v) is 2.15. The maximum absolute atomic E-state index is 10.6. The normalized spacial score (nSPS) is 10.2. The van der Waals surface area contributed by atoms with Crippen LogP contribution in [0.15, 0.2) is 40.9 Å². The average molecular weight is 359 g/mol. The van der Waals surface area contributed by atoms with Gasteiger partial charge >= 0.3 is 0 Å². The molecule has 0 unspecified atom stereocenters. The first-order valence-corrected chi connectivity index (χ1v) is 6.63. The van der Waals surface area contributed by atoms with E-state index in [1.807, 2.05) is 0 Å². The zero-order valence-electron chi connectivity index (χ0n) is 10.3. The second kappa shape index (κ2) is 6.11. The molecule has 0 N–H and O–H groups in total. The number of nitrogens with zero attached hydrogens (tertiary/aromatic N) is 1. The van der Waals surface area contributed by atoms with Crippen molar-refractivity contribution in [3.05, 3.63) is 56.0 Å².